The minimum Gasteiger partial charge on any atom is -0.430 e. The van der Waals surface area contributed by atoms with E-state index < -0.39 is 43.3 Å². The zero-order valence-corrected chi connectivity index (χ0v) is 11.6. The zero-order chi connectivity index (χ0) is 16.1. The van der Waals surface area contributed by atoms with E-state index >= 15 is 0 Å². The Morgan fingerprint density at radius 2 is 1.82 bits per heavy atom. The van der Waals surface area contributed by atoms with E-state index in [-0.39, 0.29) is 0 Å². The molecule has 1 aromatic rings. The lowest BCUT2D eigenvalue weighted by Crippen LogP contribution is -2.59. The summed E-state index contributed by atoms with van der Waals surface area (Å²) in [5.74, 6) is -0.784. The van der Waals surface area contributed by atoms with Crippen molar-refractivity contribution in [2.75, 3.05) is 6.61 Å². The maximum Gasteiger partial charge on any atom is 0.333 e. The van der Waals surface area contributed by atoms with Gasteiger partial charge in [0.15, 0.2) is 0 Å². The van der Waals surface area contributed by atoms with Crippen LogP contribution in [0.2, 0.25) is 0 Å². The molecule has 0 unspecified atom stereocenters. The summed E-state index contributed by atoms with van der Waals surface area (Å²) in [6, 6.07) is 9.03. The zero-order valence-electron chi connectivity index (χ0n) is 11.6. The third-order valence-corrected chi connectivity index (χ3v) is 3.29. The van der Waals surface area contributed by atoms with Gasteiger partial charge in [0.25, 0.3) is 0 Å². The molecule has 1 heterocycles. The molecule has 1 aliphatic rings. The fourth-order valence-corrected chi connectivity index (χ4v) is 2.05. The first-order valence-corrected chi connectivity index (χ1v) is 6.77. The molecule has 0 spiro atoms. The molecule has 0 amide bonds. The minimum atomic E-state index is -1.60. The highest BCUT2D eigenvalue weighted by atomic mass is 16.7. The Morgan fingerprint density at radius 1 is 1.14 bits per heavy atom. The lowest BCUT2D eigenvalue weighted by atomic mass is 9.99. The molecule has 0 saturated carbocycles. The van der Waals surface area contributed by atoms with Gasteiger partial charge in [-0.25, -0.2) is 4.79 Å². The lowest BCUT2D eigenvalue weighted by Gasteiger charge is -2.38. The van der Waals surface area contributed by atoms with E-state index in [4.69, 9.17) is 14.6 Å². The van der Waals surface area contributed by atoms with Gasteiger partial charge in [-0.15, -0.1) is 0 Å². The van der Waals surface area contributed by atoms with Crippen molar-refractivity contribution < 1.29 is 34.7 Å². The molecular weight excluding hydrogens is 292 g/mol. The van der Waals surface area contributed by atoms with Crippen LogP contribution in [-0.4, -0.2) is 63.7 Å². The highest BCUT2D eigenvalue weighted by Crippen LogP contribution is 2.22. The molecule has 1 saturated heterocycles. The predicted octanol–water partition coefficient (Wildman–Crippen LogP) is -0.957. The summed E-state index contributed by atoms with van der Waals surface area (Å²) >= 11 is 0. The molecule has 7 nitrogen and oxygen atoms in total. The average Bonchev–Trinajstić information content (AvgIpc) is 2.54. The van der Waals surface area contributed by atoms with E-state index in [1.165, 1.54) is 6.08 Å². The number of ether oxygens (including phenoxy) is 2. The molecule has 0 radical (unpaired) electrons. The van der Waals surface area contributed by atoms with Crippen LogP contribution in [0.1, 0.15) is 5.56 Å². The van der Waals surface area contributed by atoms with Gasteiger partial charge in [0.2, 0.25) is 6.29 Å². The van der Waals surface area contributed by atoms with E-state index in [1.54, 1.807) is 12.1 Å². The SMILES string of the molecule is O=C(/C=C/c1ccccc1)O[C@H]1O[C@H](CO)[C@@H](O)[C@H](O)[C@H]1O. The van der Waals surface area contributed by atoms with Crippen LogP contribution in [0.4, 0.5) is 0 Å². The van der Waals surface area contributed by atoms with Gasteiger partial charge in [-0.2, -0.15) is 0 Å². The summed E-state index contributed by atoms with van der Waals surface area (Å²) in [5.41, 5.74) is 0.785. The molecule has 7 heteroatoms. The molecule has 0 aliphatic carbocycles. The molecule has 1 fully saturated rings. The fraction of sp³-hybridized carbons (Fsp3) is 0.400. The summed E-state index contributed by atoms with van der Waals surface area (Å²) in [6.45, 7) is -0.584. The van der Waals surface area contributed by atoms with E-state index in [0.29, 0.717) is 0 Å². The Kier molecular flexibility index (Phi) is 5.64. The summed E-state index contributed by atoms with van der Waals surface area (Å²) in [7, 11) is 0. The molecule has 4 N–H and O–H groups in total. The minimum absolute atomic E-state index is 0.584. The van der Waals surface area contributed by atoms with Crippen molar-refractivity contribution >= 4 is 12.0 Å². The van der Waals surface area contributed by atoms with Crippen LogP contribution in [0, 0.1) is 0 Å². The van der Waals surface area contributed by atoms with Gasteiger partial charge in [-0.1, -0.05) is 30.3 Å². The highest BCUT2D eigenvalue weighted by molar-refractivity contribution is 5.87. The van der Waals surface area contributed by atoms with Gasteiger partial charge >= 0.3 is 5.97 Å². The number of hydrogen-bond donors (Lipinski definition) is 4. The van der Waals surface area contributed by atoms with Gasteiger partial charge in [0, 0.05) is 6.08 Å². The first kappa shape index (κ1) is 16.6. The summed E-state index contributed by atoms with van der Waals surface area (Å²) in [6.07, 6.45) is -4.59. The third-order valence-electron chi connectivity index (χ3n) is 3.29. The van der Waals surface area contributed by atoms with E-state index in [9.17, 15) is 20.1 Å². The summed E-state index contributed by atoms with van der Waals surface area (Å²) in [5, 5.41) is 38.0. The monoisotopic (exact) mass is 310 g/mol. The van der Waals surface area contributed by atoms with Gasteiger partial charge in [0.1, 0.15) is 24.4 Å². The van der Waals surface area contributed by atoms with Crippen LogP contribution in [0.15, 0.2) is 36.4 Å². The molecule has 0 bridgehead atoms. The number of carbonyl (C=O) groups is 1. The molecule has 1 aromatic carbocycles. The highest BCUT2D eigenvalue weighted by Gasteiger charge is 2.45. The van der Waals surface area contributed by atoms with Crippen molar-refractivity contribution in [2.45, 2.75) is 30.7 Å². The second kappa shape index (κ2) is 7.48. The second-order valence-electron chi connectivity index (χ2n) is 4.88. The summed E-state index contributed by atoms with van der Waals surface area (Å²) < 4.78 is 9.96. The van der Waals surface area contributed by atoms with Crippen molar-refractivity contribution in [1.82, 2.24) is 0 Å². The average molecular weight is 310 g/mol. The van der Waals surface area contributed by atoms with Gasteiger partial charge < -0.3 is 29.9 Å². The van der Waals surface area contributed by atoms with Crippen LogP contribution >= 0.6 is 0 Å². The van der Waals surface area contributed by atoms with Crippen LogP contribution in [-0.2, 0) is 14.3 Å². The number of benzene rings is 1. The summed E-state index contributed by atoms with van der Waals surface area (Å²) in [4.78, 5) is 11.7. The Morgan fingerprint density at radius 3 is 2.45 bits per heavy atom. The van der Waals surface area contributed by atoms with Crippen molar-refractivity contribution in [3.63, 3.8) is 0 Å². The Balaban J connectivity index is 1.97. The quantitative estimate of drug-likeness (QED) is 0.418. The number of hydrogen-bond acceptors (Lipinski definition) is 7. The number of esters is 1. The normalized spacial score (nSPS) is 32.1. The van der Waals surface area contributed by atoms with Crippen molar-refractivity contribution in [2.24, 2.45) is 0 Å². The van der Waals surface area contributed by atoms with E-state index in [1.807, 2.05) is 18.2 Å². The van der Waals surface area contributed by atoms with Crippen LogP contribution in [0.3, 0.4) is 0 Å². The number of aliphatic hydroxyl groups excluding tert-OH is 4. The Bertz CT molecular complexity index is 514. The molecular formula is C15H18O7. The first-order valence-electron chi connectivity index (χ1n) is 6.77. The number of aliphatic hydroxyl groups is 4. The molecule has 2 rings (SSSR count). The maximum absolute atomic E-state index is 11.7. The van der Waals surface area contributed by atoms with Crippen molar-refractivity contribution in [3.05, 3.63) is 42.0 Å². The van der Waals surface area contributed by atoms with Gasteiger partial charge in [0.05, 0.1) is 6.61 Å². The van der Waals surface area contributed by atoms with Crippen molar-refractivity contribution in [1.29, 1.82) is 0 Å². The standard InChI is InChI=1S/C15H18O7/c16-8-10-12(18)13(19)14(20)15(21-10)22-11(17)7-6-9-4-2-1-3-5-9/h1-7,10,12-16,18-20H,8H2/b7-6+/t10-,12-,13+,14-,15-/m1/s1. The molecule has 120 valence electrons. The Labute approximate surface area is 127 Å². The van der Waals surface area contributed by atoms with E-state index in [0.717, 1.165) is 11.6 Å². The predicted molar refractivity (Wildman–Crippen MR) is 75.3 cm³/mol. The number of rotatable bonds is 4. The maximum atomic E-state index is 11.7. The van der Waals surface area contributed by atoms with Gasteiger partial charge in [-0.3, -0.25) is 0 Å². The van der Waals surface area contributed by atoms with Crippen LogP contribution in [0.5, 0.6) is 0 Å². The molecule has 1 aliphatic heterocycles. The smallest absolute Gasteiger partial charge is 0.333 e. The lowest BCUT2D eigenvalue weighted by molar-refractivity contribution is -0.291. The third kappa shape index (κ3) is 3.90. The fourth-order valence-electron chi connectivity index (χ4n) is 2.05. The molecule has 0 aromatic heterocycles. The molecule has 22 heavy (non-hydrogen) atoms. The Hall–Kier alpha value is -1.77. The van der Waals surface area contributed by atoms with E-state index in [2.05, 4.69) is 0 Å². The number of carbonyl (C=O) groups excluding carboxylic acids is 1. The van der Waals surface area contributed by atoms with Crippen LogP contribution in [0.25, 0.3) is 6.08 Å². The van der Waals surface area contributed by atoms with Crippen LogP contribution < -0.4 is 0 Å². The second-order valence-corrected chi connectivity index (χ2v) is 4.88. The topological polar surface area (TPSA) is 116 Å². The first-order chi connectivity index (χ1) is 10.5. The van der Waals surface area contributed by atoms with Gasteiger partial charge in [-0.05, 0) is 11.6 Å². The molecule has 5 atom stereocenters. The largest absolute Gasteiger partial charge is 0.430 e. The van der Waals surface area contributed by atoms with Crippen molar-refractivity contribution in [3.8, 4) is 0 Å².